The first-order valence-corrected chi connectivity index (χ1v) is 12.6. The predicted octanol–water partition coefficient (Wildman–Crippen LogP) is 6.62. The fraction of sp³-hybridized carbons (Fsp3) is 0.652. The molecule has 0 amide bonds. The Morgan fingerprint density at radius 2 is 1.56 bits per heavy atom. The van der Waals surface area contributed by atoms with Crippen molar-refractivity contribution in [1.82, 2.24) is 4.90 Å². The van der Waals surface area contributed by atoms with Crippen molar-refractivity contribution in [3.8, 4) is 0 Å². The average Bonchev–Trinajstić information content (AvgIpc) is 2.61. The molecule has 0 saturated heterocycles. The topological polar surface area (TPSA) is 40.5 Å². The summed E-state index contributed by atoms with van der Waals surface area (Å²) in [5.41, 5.74) is 0. The number of aliphatic hydroxyl groups excluding tert-OH is 1. The van der Waals surface area contributed by atoms with Crippen LogP contribution in [0.3, 0.4) is 0 Å². The van der Waals surface area contributed by atoms with Gasteiger partial charge in [-0.05, 0) is 18.3 Å². The lowest BCUT2D eigenvalue weighted by molar-refractivity contribution is 0.170. The van der Waals surface area contributed by atoms with Crippen LogP contribution in [0.5, 0.6) is 0 Å². The van der Waals surface area contributed by atoms with E-state index in [4.69, 9.17) is 0 Å². The summed E-state index contributed by atoms with van der Waals surface area (Å²) in [6.07, 6.45) is 6.28. The second kappa shape index (κ2) is 12.3. The minimum atomic E-state index is -2.77. The molecule has 0 spiro atoms. The van der Waals surface area contributed by atoms with Gasteiger partial charge in [-0.15, -0.1) is 0 Å². The van der Waals surface area contributed by atoms with Gasteiger partial charge < -0.3 is 14.6 Å². The Morgan fingerprint density at radius 3 is 2.07 bits per heavy atom. The normalized spacial score (nSPS) is 14.6. The molecule has 0 aliphatic heterocycles. The van der Waals surface area contributed by atoms with Crippen molar-refractivity contribution in [3.63, 3.8) is 0 Å². The van der Waals surface area contributed by atoms with Crippen LogP contribution in [0.2, 0.25) is 0 Å². The van der Waals surface area contributed by atoms with Crippen LogP contribution in [0.25, 0.3) is 0 Å². The van der Waals surface area contributed by atoms with Crippen LogP contribution in [-0.4, -0.2) is 29.3 Å². The summed E-state index contributed by atoms with van der Waals surface area (Å²) in [6.45, 7) is 12.3. The highest BCUT2D eigenvalue weighted by Crippen LogP contribution is 2.48. The van der Waals surface area contributed by atoms with E-state index >= 15 is 0 Å². The van der Waals surface area contributed by atoms with E-state index in [2.05, 4.69) is 34.6 Å². The molecule has 4 heteroatoms. The van der Waals surface area contributed by atoms with Crippen molar-refractivity contribution in [2.24, 2.45) is 11.8 Å². The minimum absolute atomic E-state index is 0.179. The van der Waals surface area contributed by atoms with Crippen molar-refractivity contribution in [2.45, 2.75) is 66.7 Å². The summed E-state index contributed by atoms with van der Waals surface area (Å²) in [6, 6.07) is 9.69. The molecule has 0 heterocycles. The van der Waals surface area contributed by atoms with E-state index in [1.165, 1.54) is 19.3 Å². The van der Waals surface area contributed by atoms with Gasteiger partial charge in [0.15, 0.2) is 5.88 Å². The molecule has 1 rings (SSSR count). The molecule has 1 aromatic rings. The molecule has 3 nitrogen and oxygen atoms in total. The van der Waals surface area contributed by atoms with Gasteiger partial charge in [0.1, 0.15) is 7.14 Å². The molecule has 1 N–H and O–H groups in total. The van der Waals surface area contributed by atoms with E-state index in [0.29, 0.717) is 18.0 Å². The summed E-state index contributed by atoms with van der Waals surface area (Å²) in [7, 11) is -2.77. The van der Waals surface area contributed by atoms with Gasteiger partial charge in [0.05, 0.1) is 0 Å². The summed E-state index contributed by atoms with van der Waals surface area (Å²) >= 11 is 0. The fourth-order valence-electron chi connectivity index (χ4n) is 3.31. The van der Waals surface area contributed by atoms with Crippen molar-refractivity contribution in [2.75, 3.05) is 19.3 Å². The molecule has 1 unspecified atom stereocenters. The zero-order valence-corrected chi connectivity index (χ0v) is 18.9. The van der Waals surface area contributed by atoms with Crippen LogP contribution in [0.15, 0.2) is 42.0 Å². The van der Waals surface area contributed by atoms with Gasteiger partial charge in [0.2, 0.25) is 0 Å². The number of hydrogen-bond donors (Lipinski definition) is 1. The quantitative estimate of drug-likeness (QED) is 0.233. The molecule has 0 saturated carbocycles. The first-order chi connectivity index (χ1) is 12.8. The van der Waals surface area contributed by atoms with Gasteiger partial charge in [-0.2, -0.15) is 0 Å². The van der Waals surface area contributed by atoms with E-state index in [0.717, 1.165) is 31.2 Å². The highest BCUT2D eigenvalue weighted by Gasteiger charge is 2.24. The Bertz CT molecular complexity index is 586. The SMILES string of the molecule is CCCCCCCP(=O)(/C=C(\O)N(CC(C)C)CC(C)C)c1ccccc1. The number of nitrogens with zero attached hydrogens (tertiary/aromatic N) is 1. The molecule has 0 fully saturated rings. The molecule has 0 aromatic heterocycles. The third kappa shape index (κ3) is 9.02. The Kier molecular flexibility index (Phi) is 10.8. The highest BCUT2D eigenvalue weighted by molar-refractivity contribution is 7.74. The maximum atomic E-state index is 13.9. The number of aliphatic hydroxyl groups is 1. The molecule has 0 radical (unpaired) electrons. The van der Waals surface area contributed by atoms with Crippen molar-refractivity contribution in [3.05, 3.63) is 42.0 Å². The van der Waals surface area contributed by atoms with E-state index < -0.39 is 7.14 Å². The minimum Gasteiger partial charge on any atom is -0.495 e. The zero-order chi connectivity index (χ0) is 20.3. The molecule has 1 atom stereocenters. The first kappa shape index (κ1) is 23.8. The van der Waals surface area contributed by atoms with Gasteiger partial charge in [-0.3, -0.25) is 0 Å². The molecule has 0 bridgehead atoms. The summed E-state index contributed by atoms with van der Waals surface area (Å²) in [5, 5.41) is 11.7. The second-order valence-electron chi connectivity index (χ2n) is 8.45. The second-order valence-corrected chi connectivity index (χ2v) is 11.3. The van der Waals surface area contributed by atoms with Crippen LogP contribution < -0.4 is 5.30 Å². The standard InChI is InChI=1S/C23H40NO2P/c1-6-7-8-9-13-16-27(26,22-14-11-10-12-15-22)19-23(25)24(17-20(2)3)18-21(4)5/h10-12,14-15,19-21,25H,6-9,13,16-18H2,1-5H3/b23-19-. The van der Waals surface area contributed by atoms with Crippen LogP contribution in [0, 0.1) is 11.8 Å². The monoisotopic (exact) mass is 393 g/mol. The van der Waals surface area contributed by atoms with E-state index in [1.54, 1.807) is 5.82 Å². The predicted molar refractivity (Wildman–Crippen MR) is 119 cm³/mol. The maximum absolute atomic E-state index is 13.9. The van der Waals surface area contributed by atoms with Gasteiger partial charge in [-0.25, -0.2) is 0 Å². The average molecular weight is 394 g/mol. The van der Waals surface area contributed by atoms with Gasteiger partial charge in [0, 0.05) is 30.4 Å². The fourth-order valence-corrected chi connectivity index (χ4v) is 5.75. The third-order valence-corrected chi connectivity index (χ3v) is 7.41. The largest absolute Gasteiger partial charge is 0.495 e. The molecule has 1 aromatic carbocycles. The van der Waals surface area contributed by atoms with Crippen LogP contribution in [0.4, 0.5) is 0 Å². The summed E-state index contributed by atoms with van der Waals surface area (Å²) in [5.74, 6) is 2.72. The lowest BCUT2D eigenvalue weighted by atomic mass is 10.1. The molecular weight excluding hydrogens is 353 g/mol. The lowest BCUT2D eigenvalue weighted by Gasteiger charge is -2.28. The molecule has 154 valence electrons. The van der Waals surface area contributed by atoms with Crippen LogP contribution >= 0.6 is 7.14 Å². The number of benzene rings is 1. The Morgan fingerprint density at radius 1 is 1.00 bits per heavy atom. The van der Waals surface area contributed by atoms with E-state index in [9.17, 15) is 9.67 Å². The number of unbranched alkanes of at least 4 members (excludes halogenated alkanes) is 4. The summed E-state index contributed by atoms with van der Waals surface area (Å²) in [4.78, 5) is 1.99. The van der Waals surface area contributed by atoms with E-state index in [-0.39, 0.29) is 5.88 Å². The lowest BCUT2D eigenvalue weighted by Crippen LogP contribution is -2.31. The first-order valence-electron chi connectivity index (χ1n) is 10.6. The highest BCUT2D eigenvalue weighted by atomic mass is 31.2. The maximum Gasteiger partial charge on any atom is 0.190 e. The van der Waals surface area contributed by atoms with Crippen LogP contribution in [-0.2, 0) is 4.57 Å². The summed E-state index contributed by atoms with van der Waals surface area (Å²) < 4.78 is 13.9. The molecule has 0 aliphatic carbocycles. The van der Waals surface area contributed by atoms with E-state index in [1.807, 2.05) is 35.2 Å². The Labute approximate surface area is 167 Å². The van der Waals surface area contributed by atoms with Gasteiger partial charge >= 0.3 is 0 Å². The van der Waals surface area contributed by atoms with Crippen LogP contribution in [0.1, 0.15) is 66.7 Å². The molecule has 27 heavy (non-hydrogen) atoms. The van der Waals surface area contributed by atoms with Crippen molar-refractivity contribution >= 4 is 12.4 Å². The van der Waals surface area contributed by atoms with Crippen molar-refractivity contribution < 1.29 is 9.67 Å². The molecule has 0 aliphatic rings. The molecular formula is C23H40NO2P. The Balaban J connectivity index is 3.05. The smallest absolute Gasteiger partial charge is 0.190 e. The number of rotatable bonds is 13. The Hall–Kier alpha value is -1.21. The van der Waals surface area contributed by atoms with Gasteiger partial charge in [-0.1, -0.05) is 90.6 Å². The third-order valence-electron chi connectivity index (χ3n) is 4.61. The zero-order valence-electron chi connectivity index (χ0n) is 18.0. The van der Waals surface area contributed by atoms with Crippen molar-refractivity contribution in [1.29, 1.82) is 0 Å². The van der Waals surface area contributed by atoms with Gasteiger partial charge in [0.25, 0.3) is 0 Å². The number of hydrogen-bond acceptors (Lipinski definition) is 3.